The molecule has 1 aromatic carbocycles. The molecule has 108 valence electrons. The summed E-state index contributed by atoms with van der Waals surface area (Å²) in [4.78, 5) is 13.7. The molecule has 0 amide bonds. The van der Waals surface area contributed by atoms with E-state index in [-0.39, 0.29) is 12.0 Å². The predicted molar refractivity (Wildman–Crippen MR) is 78.7 cm³/mol. The van der Waals surface area contributed by atoms with Gasteiger partial charge in [-0.25, -0.2) is 0 Å². The molecule has 20 heavy (non-hydrogen) atoms. The molecule has 1 heterocycles. The van der Waals surface area contributed by atoms with Crippen LogP contribution in [-0.2, 0) is 4.79 Å². The van der Waals surface area contributed by atoms with Crippen molar-refractivity contribution in [3.05, 3.63) is 35.9 Å². The van der Waals surface area contributed by atoms with Gasteiger partial charge in [-0.1, -0.05) is 30.3 Å². The fraction of sp³-hybridized carbons (Fsp3) is 0.588. The number of rotatable bonds is 3. The Hall–Kier alpha value is -1.35. The van der Waals surface area contributed by atoms with Crippen LogP contribution in [0.25, 0.3) is 0 Å². The van der Waals surface area contributed by atoms with E-state index in [1.807, 2.05) is 0 Å². The molecule has 2 atom stereocenters. The third-order valence-electron chi connectivity index (χ3n) is 5.21. The maximum atomic E-state index is 11.3. The number of aliphatic carboxylic acids is 1. The first kappa shape index (κ1) is 13.6. The monoisotopic (exact) mass is 273 g/mol. The van der Waals surface area contributed by atoms with E-state index in [2.05, 4.69) is 42.2 Å². The average Bonchev–Trinajstić information content (AvgIpc) is 2.40. The highest BCUT2D eigenvalue weighted by molar-refractivity contribution is 5.71. The number of carboxylic acids is 1. The van der Waals surface area contributed by atoms with E-state index in [4.69, 9.17) is 0 Å². The Morgan fingerprint density at radius 2 is 1.95 bits per heavy atom. The van der Waals surface area contributed by atoms with Crippen molar-refractivity contribution >= 4 is 5.97 Å². The molecule has 3 nitrogen and oxygen atoms in total. The number of piperidine rings is 1. The zero-order chi connectivity index (χ0) is 14.1. The summed E-state index contributed by atoms with van der Waals surface area (Å²) in [6.45, 7) is 3.16. The molecular weight excluding hydrogens is 250 g/mol. The van der Waals surface area contributed by atoms with Crippen molar-refractivity contribution in [3.8, 4) is 0 Å². The quantitative estimate of drug-likeness (QED) is 0.920. The number of carbonyl (C=O) groups is 1. The number of likely N-dealkylation sites (tertiary alicyclic amines) is 1. The molecular formula is C17H23NO2. The van der Waals surface area contributed by atoms with Gasteiger partial charge in [-0.15, -0.1) is 0 Å². The summed E-state index contributed by atoms with van der Waals surface area (Å²) in [7, 11) is 0. The largest absolute Gasteiger partial charge is 0.481 e. The van der Waals surface area contributed by atoms with E-state index in [1.54, 1.807) is 0 Å². The van der Waals surface area contributed by atoms with Crippen LogP contribution in [0.4, 0.5) is 0 Å². The molecule has 1 N–H and O–H groups in total. The molecule has 0 radical (unpaired) electrons. The van der Waals surface area contributed by atoms with E-state index < -0.39 is 5.97 Å². The number of benzene rings is 1. The zero-order valence-electron chi connectivity index (χ0n) is 12.0. The smallest absolute Gasteiger partial charge is 0.308 e. The van der Waals surface area contributed by atoms with E-state index in [0.29, 0.717) is 12.0 Å². The molecule has 1 aliphatic heterocycles. The minimum absolute atomic E-state index is 0.181. The van der Waals surface area contributed by atoms with Crippen molar-refractivity contribution in [2.75, 3.05) is 6.54 Å². The van der Waals surface area contributed by atoms with Gasteiger partial charge in [0.25, 0.3) is 0 Å². The van der Waals surface area contributed by atoms with Crippen LogP contribution in [0.3, 0.4) is 0 Å². The molecule has 2 unspecified atom stereocenters. The third kappa shape index (κ3) is 2.47. The van der Waals surface area contributed by atoms with Gasteiger partial charge in [-0.05, 0) is 50.6 Å². The van der Waals surface area contributed by atoms with Crippen LogP contribution in [0.1, 0.15) is 44.1 Å². The molecule has 2 fully saturated rings. The Kier molecular flexibility index (Phi) is 3.79. The lowest BCUT2D eigenvalue weighted by Crippen LogP contribution is -2.54. The van der Waals surface area contributed by atoms with Gasteiger partial charge >= 0.3 is 5.97 Å². The van der Waals surface area contributed by atoms with Gasteiger partial charge in [0.05, 0.1) is 5.92 Å². The minimum atomic E-state index is -0.624. The molecule has 0 aromatic heterocycles. The third-order valence-corrected chi connectivity index (χ3v) is 5.21. The van der Waals surface area contributed by atoms with Crippen molar-refractivity contribution in [3.63, 3.8) is 0 Å². The second-order valence-corrected chi connectivity index (χ2v) is 6.30. The maximum Gasteiger partial charge on any atom is 0.308 e. The predicted octanol–water partition coefficient (Wildman–Crippen LogP) is 3.12. The highest BCUT2D eigenvalue weighted by atomic mass is 16.4. The van der Waals surface area contributed by atoms with Crippen molar-refractivity contribution in [1.29, 1.82) is 0 Å². The summed E-state index contributed by atoms with van der Waals surface area (Å²) >= 11 is 0. The van der Waals surface area contributed by atoms with Crippen molar-refractivity contribution in [1.82, 2.24) is 4.90 Å². The van der Waals surface area contributed by atoms with E-state index in [1.165, 1.54) is 18.4 Å². The van der Waals surface area contributed by atoms with Crippen LogP contribution in [0.2, 0.25) is 0 Å². The molecule has 3 rings (SSSR count). The molecule has 3 heteroatoms. The fourth-order valence-corrected chi connectivity index (χ4v) is 3.87. The van der Waals surface area contributed by atoms with Crippen molar-refractivity contribution in [2.24, 2.45) is 5.92 Å². The first-order valence-corrected chi connectivity index (χ1v) is 7.70. The van der Waals surface area contributed by atoms with E-state index in [9.17, 15) is 9.90 Å². The van der Waals surface area contributed by atoms with Gasteiger partial charge in [0.2, 0.25) is 0 Å². The number of carboxylic acid groups (broad SMARTS) is 1. The Balaban J connectivity index is 1.60. The summed E-state index contributed by atoms with van der Waals surface area (Å²) in [5.41, 5.74) is 1.43. The topological polar surface area (TPSA) is 40.5 Å². The number of nitrogens with zero attached hydrogens (tertiary/aromatic N) is 1. The lowest BCUT2D eigenvalue weighted by molar-refractivity contribution is -0.147. The fourth-order valence-electron chi connectivity index (χ4n) is 3.87. The zero-order valence-corrected chi connectivity index (χ0v) is 12.0. The number of hydrogen-bond donors (Lipinski definition) is 1. The lowest BCUT2D eigenvalue weighted by atomic mass is 9.73. The average molecular weight is 273 g/mol. The summed E-state index contributed by atoms with van der Waals surface area (Å²) in [6, 6.07) is 11.4. The molecule has 1 aliphatic carbocycles. The Bertz CT molecular complexity index is 467. The highest BCUT2D eigenvalue weighted by Gasteiger charge is 2.41. The Labute approximate surface area is 120 Å². The first-order valence-electron chi connectivity index (χ1n) is 7.70. The van der Waals surface area contributed by atoms with Gasteiger partial charge in [0.1, 0.15) is 0 Å². The lowest BCUT2D eigenvalue weighted by Gasteiger charge is -2.49. The minimum Gasteiger partial charge on any atom is -0.481 e. The summed E-state index contributed by atoms with van der Waals surface area (Å²) < 4.78 is 0. The molecule has 0 bridgehead atoms. The second-order valence-electron chi connectivity index (χ2n) is 6.30. The summed E-state index contributed by atoms with van der Waals surface area (Å²) in [5, 5.41) is 9.30. The summed E-state index contributed by atoms with van der Waals surface area (Å²) in [6.07, 6.45) is 4.22. The molecule has 1 aromatic rings. The maximum absolute atomic E-state index is 11.3. The van der Waals surface area contributed by atoms with E-state index in [0.717, 1.165) is 19.4 Å². The van der Waals surface area contributed by atoms with Crippen LogP contribution in [0.5, 0.6) is 0 Å². The Morgan fingerprint density at radius 1 is 1.25 bits per heavy atom. The van der Waals surface area contributed by atoms with Gasteiger partial charge in [0, 0.05) is 12.1 Å². The van der Waals surface area contributed by atoms with Gasteiger partial charge in [-0.3, -0.25) is 9.69 Å². The molecule has 1 saturated heterocycles. The van der Waals surface area contributed by atoms with Gasteiger partial charge < -0.3 is 5.11 Å². The molecule has 0 spiro atoms. The summed E-state index contributed by atoms with van der Waals surface area (Å²) in [5.74, 6) is -0.140. The normalized spacial score (nSPS) is 34.5. The molecule has 2 aliphatic rings. The highest BCUT2D eigenvalue weighted by Crippen LogP contribution is 2.42. The van der Waals surface area contributed by atoms with Crippen LogP contribution >= 0.6 is 0 Å². The van der Waals surface area contributed by atoms with Gasteiger partial charge in [0.15, 0.2) is 0 Å². The van der Waals surface area contributed by atoms with Crippen LogP contribution in [0.15, 0.2) is 30.3 Å². The van der Waals surface area contributed by atoms with Crippen LogP contribution in [-0.4, -0.2) is 34.6 Å². The number of hydrogen-bond acceptors (Lipinski definition) is 2. The van der Waals surface area contributed by atoms with Crippen molar-refractivity contribution < 1.29 is 9.90 Å². The van der Waals surface area contributed by atoms with Crippen LogP contribution < -0.4 is 0 Å². The van der Waals surface area contributed by atoms with Crippen molar-refractivity contribution in [2.45, 2.75) is 50.6 Å². The Morgan fingerprint density at radius 3 is 2.60 bits per heavy atom. The molecule has 1 saturated carbocycles. The SMILES string of the molecule is CC1C(C(=O)O)CCCN1C1CC(c2ccccc2)C1. The van der Waals surface area contributed by atoms with Gasteiger partial charge in [-0.2, -0.15) is 0 Å². The standard InChI is InChI=1S/C17H23NO2/c1-12-16(17(19)20)8-5-9-18(12)15-10-14(11-15)13-6-3-2-4-7-13/h2-4,6-7,12,14-16H,5,8-11H2,1H3,(H,19,20). The first-order chi connectivity index (χ1) is 9.66. The van der Waals surface area contributed by atoms with Crippen LogP contribution in [0, 0.1) is 5.92 Å². The van der Waals surface area contributed by atoms with E-state index >= 15 is 0 Å². The second kappa shape index (κ2) is 5.57.